The second kappa shape index (κ2) is 8.66. The molecule has 0 saturated carbocycles. The van der Waals surface area contributed by atoms with E-state index in [1.165, 1.54) is 17.7 Å². The van der Waals surface area contributed by atoms with E-state index in [9.17, 15) is 17.6 Å². The quantitative estimate of drug-likeness (QED) is 0.619. The molecule has 0 aliphatic carbocycles. The zero-order valence-electron chi connectivity index (χ0n) is 15.2. The highest BCUT2D eigenvalue weighted by molar-refractivity contribution is 5.49. The first-order valence-corrected chi connectivity index (χ1v) is 8.40. The van der Waals surface area contributed by atoms with Gasteiger partial charge in [0.15, 0.2) is 5.69 Å². The molecule has 0 atom stereocenters. The standard InChI is InChI=1S/C17H14F4N4.C2H6/c1-11-24-16(17(19,20)21)10-25(11)14-4-2-13(3-5-14)23-8-12-6-7-22-9-15(12)18;1-2/h2-7,9-10,23H,8H2,1H3;1-2H3. The Labute approximate surface area is 154 Å². The molecule has 0 aliphatic heterocycles. The molecule has 3 aromatic rings. The van der Waals surface area contributed by atoms with Crippen molar-refractivity contribution in [2.75, 3.05) is 5.32 Å². The van der Waals surface area contributed by atoms with Crippen molar-refractivity contribution in [2.45, 2.75) is 33.5 Å². The van der Waals surface area contributed by atoms with E-state index in [1.54, 1.807) is 30.3 Å². The van der Waals surface area contributed by atoms with Gasteiger partial charge in [-0.05, 0) is 37.3 Å². The Bertz CT molecular complexity index is 870. The number of halogens is 4. The van der Waals surface area contributed by atoms with Gasteiger partial charge in [0, 0.05) is 35.9 Å². The van der Waals surface area contributed by atoms with Crippen LogP contribution in [0.25, 0.3) is 5.69 Å². The summed E-state index contributed by atoms with van der Waals surface area (Å²) in [6, 6.07) is 8.33. The minimum absolute atomic E-state index is 0.242. The summed E-state index contributed by atoms with van der Waals surface area (Å²) in [7, 11) is 0. The van der Waals surface area contributed by atoms with E-state index < -0.39 is 17.7 Å². The summed E-state index contributed by atoms with van der Waals surface area (Å²) >= 11 is 0. The molecular formula is C19H20F4N4. The summed E-state index contributed by atoms with van der Waals surface area (Å²) in [5.74, 6) is -0.160. The molecule has 0 aliphatic rings. The molecule has 1 aromatic carbocycles. The van der Waals surface area contributed by atoms with Crippen LogP contribution in [0.15, 0.2) is 48.9 Å². The van der Waals surface area contributed by atoms with E-state index >= 15 is 0 Å². The molecule has 0 unspecified atom stereocenters. The first kappa shape index (κ1) is 20.4. The van der Waals surface area contributed by atoms with Gasteiger partial charge in [-0.3, -0.25) is 4.98 Å². The number of hydrogen-bond donors (Lipinski definition) is 1. The summed E-state index contributed by atoms with van der Waals surface area (Å²) in [6.07, 6.45) is -0.875. The van der Waals surface area contributed by atoms with E-state index in [1.807, 2.05) is 13.8 Å². The number of rotatable bonds is 4. The second-order valence-electron chi connectivity index (χ2n) is 5.41. The van der Waals surface area contributed by atoms with Crippen LogP contribution in [0.5, 0.6) is 0 Å². The number of pyridine rings is 1. The maximum atomic E-state index is 13.5. The van der Waals surface area contributed by atoms with Crippen molar-refractivity contribution < 1.29 is 17.6 Å². The molecule has 2 heterocycles. The van der Waals surface area contributed by atoms with Crippen LogP contribution in [0, 0.1) is 12.7 Å². The van der Waals surface area contributed by atoms with Crippen LogP contribution in [0.1, 0.15) is 30.9 Å². The van der Waals surface area contributed by atoms with Gasteiger partial charge in [0.05, 0.1) is 6.20 Å². The monoisotopic (exact) mass is 380 g/mol. The van der Waals surface area contributed by atoms with Crippen LogP contribution in [-0.4, -0.2) is 14.5 Å². The van der Waals surface area contributed by atoms with E-state index in [0.29, 0.717) is 16.9 Å². The molecular weight excluding hydrogens is 360 g/mol. The third-order valence-electron chi connectivity index (χ3n) is 3.66. The van der Waals surface area contributed by atoms with Crippen molar-refractivity contribution in [3.63, 3.8) is 0 Å². The first-order chi connectivity index (χ1) is 12.8. The number of anilines is 1. The largest absolute Gasteiger partial charge is 0.434 e. The fourth-order valence-electron chi connectivity index (χ4n) is 2.36. The summed E-state index contributed by atoms with van der Waals surface area (Å²) in [6.45, 7) is 5.78. The van der Waals surface area contributed by atoms with Crippen molar-refractivity contribution in [3.8, 4) is 5.69 Å². The maximum absolute atomic E-state index is 13.5. The summed E-state index contributed by atoms with van der Waals surface area (Å²) < 4.78 is 53.1. The second-order valence-corrected chi connectivity index (χ2v) is 5.41. The predicted molar refractivity (Wildman–Crippen MR) is 96.2 cm³/mol. The zero-order chi connectivity index (χ0) is 20.0. The third kappa shape index (κ3) is 5.06. The number of hydrogen-bond acceptors (Lipinski definition) is 3. The van der Waals surface area contributed by atoms with Crippen molar-refractivity contribution >= 4 is 5.69 Å². The van der Waals surface area contributed by atoms with E-state index in [0.717, 1.165) is 12.4 Å². The summed E-state index contributed by atoms with van der Waals surface area (Å²) in [5, 5.41) is 3.05. The Hall–Kier alpha value is -2.90. The lowest BCUT2D eigenvalue weighted by Crippen LogP contribution is -2.05. The molecule has 2 aromatic heterocycles. The van der Waals surface area contributed by atoms with Crippen LogP contribution >= 0.6 is 0 Å². The Kier molecular flexibility index (Phi) is 6.55. The Morgan fingerprint density at radius 1 is 1.07 bits per heavy atom. The van der Waals surface area contributed by atoms with Crippen molar-refractivity contribution in [1.29, 1.82) is 0 Å². The van der Waals surface area contributed by atoms with Crippen LogP contribution in [0.4, 0.5) is 23.2 Å². The van der Waals surface area contributed by atoms with Gasteiger partial charge in [-0.1, -0.05) is 13.8 Å². The number of nitrogens with zero attached hydrogens (tertiary/aromatic N) is 3. The number of nitrogens with one attached hydrogen (secondary N) is 1. The minimum Gasteiger partial charge on any atom is -0.381 e. The molecule has 4 nitrogen and oxygen atoms in total. The van der Waals surface area contributed by atoms with Gasteiger partial charge >= 0.3 is 6.18 Å². The molecule has 0 spiro atoms. The van der Waals surface area contributed by atoms with Crippen molar-refractivity contribution in [3.05, 3.63) is 71.8 Å². The van der Waals surface area contributed by atoms with Gasteiger partial charge in [-0.2, -0.15) is 13.2 Å². The van der Waals surface area contributed by atoms with Crippen LogP contribution in [0.2, 0.25) is 0 Å². The lowest BCUT2D eigenvalue weighted by molar-refractivity contribution is -0.141. The molecule has 0 fully saturated rings. The molecule has 3 rings (SSSR count). The molecule has 0 radical (unpaired) electrons. The fourth-order valence-corrected chi connectivity index (χ4v) is 2.36. The smallest absolute Gasteiger partial charge is 0.381 e. The normalized spacial score (nSPS) is 10.9. The van der Waals surface area contributed by atoms with Crippen LogP contribution < -0.4 is 5.32 Å². The lowest BCUT2D eigenvalue weighted by atomic mass is 10.2. The molecule has 144 valence electrons. The maximum Gasteiger partial charge on any atom is 0.434 e. The topological polar surface area (TPSA) is 42.7 Å². The minimum atomic E-state index is -4.48. The van der Waals surface area contributed by atoms with E-state index in [4.69, 9.17) is 0 Å². The number of aromatic nitrogens is 3. The van der Waals surface area contributed by atoms with Crippen molar-refractivity contribution in [2.24, 2.45) is 0 Å². The summed E-state index contributed by atoms with van der Waals surface area (Å²) in [4.78, 5) is 7.22. The molecule has 0 amide bonds. The number of benzene rings is 1. The van der Waals surface area contributed by atoms with Gasteiger partial charge < -0.3 is 9.88 Å². The zero-order valence-corrected chi connectivity index (χ0v) is 15.2. The molecule has 27 heavy (non-hydrogen) atoms. The average Bonchev–Trinajstić information content (AvgIpc) is 3.05. The third-order valence-corrected chi connectivity index (χ3v) is 3.66. The highest BCUT2D eigenvalue weighted by Gasteiger charge is 2.34. The van der Waals surface area contributed by atoms with Gasteiger partial charge in [0.2, 0.25) is 0 Å². The van der Waals surface area contributed by atoms with E-state index in [2.05, 4.69) is 15.3 Å². The SMILES string of the molecule is CC.Cc1nc(C(F)(F)F)cn1-c1ccc(NCc2ccncc2F)cc1. The predicted octanol–water partition coefficient (Wildman–Crippen LogP) is 5.37. The van der Waals surface area contributed by atoms with Gasteiger partial charge in [-0.25, -0.2) is 9.37 Å². The van der Waals surface area contributed by atoms with Crippen LogP contribution in [-0.2, 0) is 12.7 Å². The highest BCUT2D eigenvalue weighted by atomic mass is 19.4. The summed E-state index contributed by atoms with van der Waals surface area (Å²) in [5.41, 5.74) is 0.814. The van der Waals surface area contributed by atoms with Gasteiger partial charge in [0.1, 0.15) is 11.6 Å². The average molecular weight is 380 g/mol. The Morgan fingerprint density at radius 3 is 2.30 bits per heavy atom. The fraction of sp³-hybridized carbons (Fsp3) is 0.263. The van der Waals surface area contributed by atoms with Crippen LogP contribution in [0.3, 0.4) is 0 Å². The molecule has 8 heteroatoms. The molecule has 1 N–H and O–H groups in total. The number of alkyl halides is 3. The first-order valence-electron chi connectivity index (χ1n) is 8.40. The van der Waals surface area contributed by atoms with E-state index in [-0.39, 0.29) is 12.4 Å². The number of aryl methyl sites for hydroxylation is 1. The van der Waals surface area contributed by atoms with Gasteiger partial charge in [0.25, 0.3) is 0 Å². The highest BCUT2D eigenvalue weighted by Crippen LogP contribution is 2.29. The lowest BCUT2D eigenvalue weighted by Gasteiger charge is -2.09. The number of imidazole rings is 1. The molecule has 0 bridgehead atoms. The van der Waals surface area contributed by atoms with Crippen molar-refractivity contribution in [1.82, 2.24) is 14.5 Å². The van der Waals surface area contributed by atoms with Gasteiger partial charge in [-0.15, -0.1) is 0 Å². The Balaban J connectivity index is 0.00000126. The Morgan fingerprint density at radius 2 is 1.74 bits per heavy atom. The molecule has 0 saturated heterocycles.